The second-order valence-electron chi connectivity index (χ2n) is 5.21. The third kappa shape index (κ3) is 2.03. The third-order valence-corrected chi connectivity index (χ3v) is 4.94. The molecule has 0 fully saturated rings. The first-order valence-corrected chi connectivity index (χ1v) is 8.03. The van der Waals surface area contributed by atoms with E-state index in [2.05, 4.69) is 5.32 Å². The molecule has 0 spiro atoms. The van der Waals surface area contributed by atoms with Crippen LogP contribution in [0, 0.1) is 11.3 Å². The molecular formula is C18H11N3O2S. The van der Waals surface area contributed by atoms with E-state index in [-0.39, 0.29) is 23.0 Å². The van der Waals surface area contributed by atoms with E-state index in [0.29, 0.717) is 10.4 Å². The van der Waals surface area contributed by atoms with Crippen LogP contribution in [0.3, 0.4) is 0 Å². The predicted molar refractivity (Wildman–Crippen MR) is 93.6 cm³/mol. The zero-order chi connectivity index (χ0) is 16.7. The summed E-state index contributed by atoms with van der Waals surface area (Å²) < 4.78 is 2.65. The van der Waals surface area contributed by atoms with Crippen molar-refractivity contribution >= 4 is 38.0 Å². The number of fused-ring (bicyclic) bond motifs is 3. The molecule has 0 aliphatic rings. The first kappa shape index (κ1) is 14.3. The molecule has 0 aliphatic carbocycles. The van der Waals surface area contributed by atoms with E-state index in [1.165, 1.54) is 11.3 Å². The van der Waals surface area contributed by atoms with Crippen LogP contribution in [0.15, 0.2) is 54.6 Å². The molecule has 5 nitrogen and oxygen atoms in total. The van der Waals surface area contributed by atoms with E-state index in [9.17, 15) is 15.2 Å². The third-order valence-electron chi connectivity index (χ3n) is 3.79. The highest BCUT2D eigenvalue weighted by Crippen LogP contribution is 2.42. The highest BCUT2D eigenvalue weighted by Gasteiger charge is 2.23. The summed E-state index contributed by atoms with van der Waals surface area (Å²) in [5.41, 5.74) is 1.69. The van der Waals surface area contributed by atoms with Crippen molar-refractivity contribution in [3.8, 4) is 11.8 Å². The average molecular weight is 333 g/mol. The lowest BCUT2D eigenvalue weighted by Gasteiger charge is -2.03. The second kappa shape index (κ2) is 5.41. The van der Waals surface area contributed by atoms with Gasteiger partial charge in [0.25, 0.3) is 5.91 Å². The summed E-state index contributed by atoms with van der Waals surface area (Å²) in [6.07, 6.45) is 0. The van der Waals surface area contributed by atoms with E-state index < -0.39 is 0 Å². The Hall–Kier alpha value is -3.30. The van der Waals surface area contributed by atoms with Crippen LogP contribution in [0.25, 0.3) is 15.0 Å². The molecule has 0 saturated carbocycles. The Labute approximate surface area is 141 Å². The first-order valence-electron chi connectivity index (χ1n) is 7.22. The monoisotopic (exact) mass is 333 g/mol. The van der Waals surface area contributed by atoms with Crippen molar-refractivity contribution in [2.75, 3.05) is 5.32 Å². The number of para-hydroxylation sites is 1. The molecule has 0 saturated heterocycles. The lowest BCUT2D eigenvalue weighted by atomic mass is 10.2. The minimum absolute atomic E-state index is 0.116. The van der Waals surface area contributed by atoms with Crippen LogP contribution in [0.2, 0.25) is 0 Å². The molecule has 24 heavy (non-hydrogen) atoms. The van der Waals surface area contributed by atoms with Gasteiger partial charge in [0.15, 0.2) is 11.4 Å². The highest BCUT2D eigenvalue weighted by molar-refractivity contribution is 7.24. The number of nitriles is 1. The Morgan fingerprint density at radius 3 is 2.58 bits per heavy atom. The smallest absolute Gasteiger partial charge is 0.255 e. The molecule has 4 rings (SSSR count). The summed E-state index contributed by atoms with van der Waals surface area (Å²) in [5.74, 6) is -0.542. The Kier molecular flexibility index (Phi) is 3.22. The molecular weight excluding hydrogens is 322 g/mol. The van der Waals surface area contributed by atoms with Gasteiger partial charge in [-0.3, -0.25) is 9.20 Å². The van der Waals surface area contributed by atoms with Crippen LogP contribution in [-0.4, -0.2) is 15.4 Å². The van der Waals surface area contributed by atoms with Crippen molar-refractivity contribution in [3.05, 3.63) is 65.9 Å². The summed E-state index contributed by atoms with van der Waals surface area (Å²) in [4.78, 5) is 13.0. The molecule has 0 atom stereocenters. The van der Waals surface area contributed by atoms with Gasteiger partial charge in [-0.2, -0.15) is 5.26 Å². The van der Waals surface area contributed by atoms with Crippen molar-refractivity contribution in [1.82, 2.24) is 4.40 Å². The van der Waals surface area contributed by atoms with Gasteiger partial charge in [-0.1, -0.05) is 30.3 Å². The fourth-order valence-electron chi connectivity index (χ4n) is 2.69. The zero-order valence-electron chi connectivity index (χ0n) is 12.4. The number of nitrogens with one attached hydrogen (secondary N) is 1. The minimum Gasteiger partial charge on any atom is -0.503 e. The fraction of sp³-hybridized carbons (Fsp3) is 0. The van der Waals surface area contributed by atoms with E-state index in [1.54, 1.807) is 28.7 Å². The molecule has 1 amide bonds. The number of benzene rings is 2. The maximum Gasteiger partial charge on any atom is 0.255 e. The van der Waals surface area contributed by atoms with Gasteiger partial charge in [0, 0.05) is 5.56 Å². The molecule has 0 unspecified atom stereocenters. The van der Waals surface area contributed by atoms with Crippen LogP contribution < -0.4 is 5.32 Å². The van der Waals surface area contributed by atoms with Crippen LogP contribution >= 0.6 is 11.3 Å². The van der Waals surface area contributed by atoms with Crippen molar-refractivity contribution in [2.45, 2.75) is 0 Å². The van der Waals surface area contributed by atoms with Gasteiger partial charge >= 0.3 is 0 Å². The van der Waals surface area contributed by atoms with E-state index >= 15 is 0 Å². The standard InChI is InChI=1S/C18H11N3O2S/c19-10-13-16(22)15(20-17(23)11-6-2-1-3-7-11)18-21(13)12-8-4-5-9-14(12)24-18/h1-9,22H,(H,20,23). The Morgan fingerprint density at radius 2 is 1.83 bits per heavy atom. The fourth-order valence-corrected chi connectivity index (χ4v) is 3.84. The molecule has 2 heterocycles. The molecule has 0 radical (unpaired) electrons. The van der Waals surface area contributed by atoms with Crippen molar-refractivity contribution < 1.29 is 9.90 Å². The van der Waals surface area contributed by atoms with Gasteiger partial charge < -0.3 is 10.4 Å². The SMILES string of the molecule is N#Cc1c(O)c(NC(=O)c2ccccc2)c2sc3ccccc3n12. The number of amides is 1. The van der Waals surface area contributed by atoms with Crippen molar-refractivity contribution in [3.63, 3.8) is 0 Å². The highest BCUT2D eigenvalue weighted by atomic mass is 32.1. The van der Waals surface area contributed by atoms with Crippen LogP contribution in [-0.2, 0) is 0 Å². The van der Waals surface area contributed by atoms with Gasteiger partial charge in [0.05, 0.1) is 10.2 Å². The van der Waals surface area contributed by atoms with E-state index in [1.807, 2.05) is 36.4 Å². The summed E-state index contributed by atoms with van der Waals surface area (Å²) in [5, 5.41) is 22.6. The zero-order valence-corrected chi connectivity index (χ0v) is 13.2. The number of rotatable bonds is 2. The minimum atomic E-state index is -0.333. The Balaban J connectivity index is 1.91. The Morgan fingerprint density at radius 1 is 1.12 bits per heavy atom. The van der Waals surface area contributed by atoms with Crippen molar-refractivity contribution in [2.24, 2.45) is 0 Å². The largest absolute Gasteiger partial charge is 0.503 e. The van der Waals surface area contributed by atoms with Crippen LogP contribution in [0.4, 0.5) is 5.69 Å². The molecule has 2 N–H and O–H groups in total. The maximum absolute atomic E-state index is 12.4. The number of nitrogens with zero attached hydrogens (tertiary/aromatic N) is 2. The predicted octanol–water partition coefficient (Wildman–Crippen LogP) is 3.98. The summed E-state index contributed by atoms with van der Waals surface area (Å²) in [6.45, 7) is 0. The molecule has 0 aliphatic heterocycles. The quantitative estimate of drug-likeness (QED) is 0.582. The number of anilines is 1. The topological polar surface area (TPSA) is 77.5 Å². The normalized spacial score (nSPS) is 10.8. The number of carbonyl (C=O) groups excluding carboxylic acids is 1. The van der Waals surface area contributed by atoms with E-state index in [4.69, 9.17) is 0 Å². The second-order valence-corrected chi connectivity index (χ2v) is 6.25. The number of thiazole rings is 1. The van der Waals surface area contributed by atoms with Gasteiger partial charge in [-0.05, 0) is 24.3 Å². The number of aromatic hydroxyl groups is 1. The van der Waals surface area contributed by atoms with Gasteiger partial charge in [-0.25, -0.2) is 0 Å². The van der Waals surface area contributed by atoms with Crippen LogP contribution in [0.1, 0.15) is 16.1 Å². The maximum atomic E-state index is 12.4. The van der Waals surface area contributed by atoms with Gasteiger partial charge in [0.1, 0.15) is 16.6 Å². The summed E-state index contributed by atoms with van der Waals surface area (Å²) in [6, 6.07) is 18.4. The molecule has 0 bridgehead atoms. The average Bonchev–Trinajstić information content (AvgIpc) is 3.11. The number of aromatic nitrogens is 1. The molecule has 2 aromatic carbocycles. The molecule has 116 valence electrons. The number of hydrogen-bond acceptors (Lipinski definition) is 4. The number of hydrogen-bond donors (Lipinski definition) is 2. The molecule has 6 heteroatoms. The lowest BCUT2D eigenvalue weighted by molar-refractivity contribution is 0.102. The van der Waals surface area contributed by atoms with Crippen molar-refractivity contribution in [1.29, 1.82) is 5.26 Å². The Bertz CT molecular complexity index is 1120. The van der Waals surface area contributed by atoms with E-state index in [0.717, 1.165) is 10.2 Å². The molecule has 2 aromatic heterocycles. The number of carbonyl (C=O) groups is 1. The van der Waals surface area contributed by atoms with Crippen LogP contribution in [0.5, 0.6) is 5.75 Å². The summed E-state index contributed by atoms with van der Waals surface area (Å²) in [7, 11) is 0. The van der Waals surface area contributed by atoms with Gasteiger partial charge in [0.2, 0.25) is 0 Å². The van der Waals surface area contributed by atoms with Gasteiger partial charge in [-0.15, -0.1) is 11.3 Å². The lowest BCUT2D eigenvalue weighted by Crippen LogP contribution is -2.11. The molecule has 4 aromatic rings. The first-order chi connectivity index (χ1) is 11.7. The summed E-state index contributed by atoms with van der Waals surface area (Å²) >= 11 is 1.41.